The molecule has 1 aromatic heterocycles. The van der Waals surface area contributed by atoms with Crippen LogP contribution in [0, 0.1) is 4.77 Å². The van der Waals surface area contributed by atoms with Crippen LogP contribution in [0.1, 0.15) is 5.56 Å². The molecule has 3 aromatic rings. The fourth-order valence-electron chi connectivity index (χ4n) is 2.17. The van der Waals surface area contributed by atoms with Gasteiger partial charge in [-0.3, -0.25) is 0 Å². The van der Waals surface area contributed by atoms with Crippen molar-refractivity contribution in [1.82, 2.24) is 14.9 Å². The van der Waals surface area contributed by atoms with E-state index in [-0.39, 0.29) is 0 Å². The SMILES string of the molecule is CN(C)c1ccc(C=Nn2c(-c3ccc(Cl)cc3)n[nH]c2=S)cc1. The van der Waals surface area contributed by atoms with Gasteiger partial charge in [0.1, 0.15) is 0 Å². The molecule has 122 valence electrons. The number of nitrogens with one attached hydrogen (secondary N) is 1. The maximum Gasteiger partial charge on any atom is 0.216 e. The Labute approximate surface area is 150 Å². The van der Waals surface area contributed by atoms with Crippen molar-refractivity contribution in [3.8, 4) is 11.4 Å². The first-order valence-corrected chi connectivity index (χ1v) is 8.08. The van der Waals surface area contributed by atoms with E-state index in [1.54, 1.807) is 10.9 Å². The first-order valence-electron chi connectivity index (χ1n) is 7.30. The maximum absolute atomic E-state index is 5.93. The average Bonchev–Trinajstić information content (AvgIpc) is 2.95. The van der Waals surface area contributed by atoms with Crippen molar-refractivity contribution in [3.05, 3.63) is 63.9 Å². The fourth-order valence-corrected chi connectivity index (χ4v) is 2.47. The van der Waals surface area contributed by atoms with Crippen molar-refractivity contribution in [2.75, 3.05) is 19.0 Å². The Hall–Kier alpha value is -2.44. The molecule has 0 saturated heterocycles. The van der Waals surface area contributed by atoms with Crippen LogP contribution in [0.2, 0.25) is 5.02 Å². The minimum Gasteiger partial charge on any atom is -0.378 e. The smallest absolute Gasteiger partial charge is 0.216 e. The summed E-state index contributed by atoms with van der Waals surface area (Å²) in [4.78, 5) is 2.05. The van der Waals surface area contributed by atoms with Gasteiger partial charge in [0, 0.05) is 30.4 Å². The summed E-state index contributed by atoms with van der Waals surface area (Å²) in [5.74, 6) is 0.637. The van der Waals surface area contributed by atoms with Crippen molar-refractivity contribution in [2.45, 2.75) is 0 Å². The molecule has 24 heavy (non-hydrogen) atoms. The molecular formula is C17H16ClN5S. The summed E-state index contributed by atoms with van der Waals surface area (Å²) in [6, 6.07) is 15.5. The Bertz CT molecular complexity index is 907. The van der Waals surface area contributed by atoms with Crippen LogP contribution in [0.3, 0.4) is 0 Å². The molecule has 0 aliphatic carbocycles. The molecule has 1 heterocycles. The Morgan fingerprint density at radius 1 is 1.12 bits per heavy atom. The summed E-state index contributed by atoms with van der Waals surface area (Å²) in [5.41, 5.74) is 2.99. The van der Waals surface area contributed by atoms with Crippen LogP contribution >= 0.6 is 23.8 Å². The molecule has 0 aliphatic rings. The summed E-state index contributed by atoms with van der Waals surface area (Å²) in [7, 11) is 4.01. The second-order valence-corrected chi connectivity index (χ2v) is 6.22. The maximum atomic E-state index is 5.93. The summed E-state index contributed by atoms with van der Waals surface area (Å²) >= 11 is 11.2. The van der Waals surface area contributed by atoms with Gasteiger partial charge in [-0.15, -0.1) is 0 Å². The molecule has 0 bridgehead atoms. The van der Waals surface area contributed by atoms with Gasteiger partial charge < -0.3 is 4.90 Å². The predicted octanol–water partition coefficient (Wildman–Crippen LogP) is 4.21. The molecule has 1 N–H and O–H groups in total. The monoisotopic (exact) mass is 357 g/mol. The molecule has 0 fully saturated rings. The first-order chi connectivity index (χ1) is 11.5. The number of hydrogen-bond acceptors (Lipinski definition) is 4. The molecule has 5 nitrogen and oxygen atoms in total. The molecular weight excluding hydrogens is 342 g/mol. The minimum atomic E-state index is 0.432. The van der Waals surface area contributed by atoms with Gasteiger partial charge in [0.15, 0.2) is 5.82 Å². The number of nitrogens with zero attached hydrogens (tertiary/aromatic N) is 4. The van der Waals surface area contributed by atoms with E-state index in [2.05, 4.69) is 15.3 Å². The normalized spacial score (nSPS) is 11.1. The Morgan fingerprint density at radius 2 is 1.79 bits per heavy atom. The van der Waals surface area contributed by atoms with Gasteiger partial charge in [0.05, 0.1) is 6.21 Å². The molecule has 0 radical (unpaired) electrons. The van der Waals surface area contributed by atoms with E-state index in [0.29, 0.717) is 15.6 Å². The van der Waals surface area contributed by atoms with E-state index in [1.807, 2.05) is 67.5 Å². The number of hydrogen-bond donors (Lipinski definition) is 1. The highest BCUT2D eigenvalue weighted by molar-refractivity contribution is 7.71. The lowest BCUT2D eigenvalue weighted by Gasteiger charge is -2.11. The topological polar surface area (TPSA) is 49.2 Å². The highest BCUT2D eigenvalue weighted by atomic mass is 35.5. The van der Waals surface area contributed by atoms with Crippen molar-refractivity contribution >= 4 is 35.7 Å². The largest absolute Gasteiger partial charge is 0.378 e. The van der Waals surface area contributed by atoms with Crippen LogP contribution in [-0.2, 0) is 0 Å². The number of benzene rings is 2. The van der Waals surface area contributed by atoms with Crippen LogP contribution in [0.5, 0.6) is 0 Å². The number of H-pyrrole nitrogens is 1. The van der Waals surface area contributed by atoms with Gasteiger partial charge in [0.25, 0.3) is 0 Å². The Kier molecular flexibility index (Phi) is 4.78. The minimum absolute atomic E-state index is 0.432. The molecule has 0 atom stereocenters. The van der Waals surface area contributed by atoms with E-state index in [0.717, 1.165) is 16.8 Å². The standard InChI is InChI=1S/C17H16ClN5S/c1-22(2)15-9-3-12(4-10-15)11-19-23-16(20-21-17(23)24)13-5-7-14(18)8-6-13/h3-11H,1-2H3,(H,21,24). The van der Waals surface area contributed by atoms with Crippen LogP contribution in [0.4, 0.5) is 5.69 Å². The lowest BCUT2D eigenvalue weighted by molar-refractivity contribution is 0.871. The van der Waals surface area contributed by atoms with Crippen molar-refractivity contribution in [2.24, 2.45) is 5.10 Å². The van der Waals surface area contributed by atoms with Gasteiger partial charge in [0.2, 0.25) is 4.77 Å². The number of aromatic amines is 1. The van der Waals surface area contributed by atoms with E-state index >= 15 is 0 Å². The molecule has 0 amide bonds. The van der Waals surface area contributed by atoms with E-state index in [9.17, 15) is 0 Å². The number of halogens is 1. The Balaban J connectivity index is 1.91. The molecule has 3 rings (SSSR count). The summed E-state index contributed by atoms with van der Waals surface area (Å²) in [6.07, 6.45) is 1.75. The average molecular weight is 358 g/mol. The summed E-state index contributed by atoms with van der Waals surface area (Å²) < 4.78 is 2.03. The van der Waals surface area contributed by atoms with E-state index in [4.69, 9.17) is 23.8 Å². The van der Waals surface area contributed by atoms with Crippen molar-refractivity contribution in [3.63, 3.8) is 0 Å². The lowest BCUT2D eigenvalue weighted by Crippen LogP contribution is -2.08. The van der Waals surface area contributed by atoms with Crippen LogP contribution < -0.4 is 4.90 Å². The quantitative estimate of drug-likeness (QED) is 0.562. The molecule has 7 heteroatoms. The van der Waals surface area contributed by atoms with Crippen LogP contribution in [0.15, 0.2) is 53.6 Å². The van der Waals surface area contributed by atoms with E-state index in [1.165, 1.54) is 0 Å². The zero-order chi connectivity index (χ0) is 17.1. The first kappa shape index (κ1) is 16.4. The lowest BCUT2D eigenvalue weighted by atomic mass is 10.2. The Morgan fingerprint density at radius 3 is 2.42 bits per heavy atom. The third-order valence-electron chi connectivity index (χ3n) is 3.48. The van der Waals surface area contributed by atoms with Gasteiger partial charge in [-0.05, 0) is 54.2 Å². The highest BCUT2D eigenvalue weighted by Gasteiger charge is 2.07. The third kappa shape index (κ3) is 3.55. The number of anilines is 1. The zero-order valence-corrected chi connectivity index (χ0v) is 14.8. The molecule has 0 aliphatic heterocycles. The summed E-state index contributed by atoms with van der Waals surface area (Å²) in [5, 5.41) is 12.1. The molecule has 2 aromatic carbocycles. The molecule has 0 unspecified atom stereocenters. The number of aromatic nitrogens is 3. The zero-order valence-electron chi connectivity index (χ0n) is 13.3. The second-order valence-electron chi connectivity index (χ2n) is 5.40. The predicted molar refractivity (Wildman–Crippen MR) is 102 cm³/mol. The highest BCUT2D eigenvalue weighted by Crippen LogP contribution is 2.20. The van der Waals surface area contributed by atoms with Crippen molar-refractivity contribution in [1.29, 1.82) is 0 Å². The fraction of sp³-hybridized carbons (Fsp3) is 0.118. The van der Waals surface area contributed by atoms with E-state index < -0.39 is 0 Å². The van der Waals surface area contributed by atoms with Gasteiger partial charge in [-0.25, -0.2) is 5.10 Å². The van der Waals surface area contributed by atoms with Crippen LogP contribution in [0.25, 0.3) is 11.4 Å². The molecule has 0 spiro atoms. The second kappa shape index (κ2) is 6.98. The summed E-state index contributed by atoms with van der Waals surface area (Å²) in [6.45, 7) is 0. The molecule has 0 saturated carbocycles. The van der Waals surface area contributed by atoms with Crippen LogP contribution in [-0.4, -0.2) is 35.2 Å². The van der Waals surface area contributed by atoms with Gasteiger partial charge in [-0.1, -0.05) is 23.7 Å². The third-order valence-corrected chi connectivity index (χ3v) is 4.00. The van der Waals surface area contributed by atoms with Crippen molar-refractivity contribution < 1.29 is 0 Å². The van der Waals surface area contributed by atoms with Gasteiger partial charge in [-0.2, -0.15) is 14.9 Å². The van der Waals surface area contributed by atoms with Gasteiger partial charge >= 0.3 is 0 Å². The number of rotatable bonds is 4.